The summed E-state index contributed by atoms with van der Waals surface area (Å²) in [6, 6.07) is 0. The van der Waals surface area contributed by atoms with Gasteiger partial charge in [-0.1, -0.05) is 154 Å². The smallest absolute Gasteiger partial charge is 0.306 e. The summed E-state index contributed by atoms with van der Waals surface area (Å²) in [5.74, 6) is -0.382. The van der Waals surface area contributed by atoms with E-state index in [-0.39, 0.29) is 25.6 Å². The Bertz CT molecular complexity index is 1080. The molecule has 2 aliphatic heterocycles. The summed E-state index contributed by atoms with van der Waals surface area (Å²) in [6.45, 7) is 3.69. The highest BCUT2D eigenvalue weighted by atomic mass is 16.7. The van der Waals surface area contributed by atoms with Crippen LogP contribution in [0.1, 0.15) is 187 Å². The van der Waals surface area contributed by atoms with Crippen molar-refractivity contribution in [2.75, 3.05) is 33.0 Å². The molecular weight excluding hydrogens is 801 g/mol. The van der Waals surface area contributed by atoms with Crippen LogP contribution < -0.4 is 0 Å². The lowest BCUT2D eigenvalue weighted by Crippen LogP contribution is -2.61. The number of carbonyl (C=O) groups is 1. The number of ether oxygens (including phenoxy) is 6. The van der Waals surface area contributed by atoms with Crippen LogP contribution in [0, 0.1) is 0 Å². The van der Waals surface area contributed by atoms with Gasteiger partial charge in [-0.25, -0.2) is 0 Å². The van der Waals surface area contributed by atoms with Gasteiger partial charge in [-0.15, -0.1) is 0 Å². The fourth-order valence-corrected chi connectivity index (χ4v) is 7.93. The molecule has 2 rings (SSSR count). The van der Waals surface area contributed by atoms with E-state index in [1.54, 1.807) is 0 Å². The third kappa shape index (κ3) is 24.9. The lowest BCUT2D eigenvalue weighted by Gasteiger charge is -2.42. The van der Waals surface area contributed by atoms with Gasteiger partial charge in [-0.3, -0.25) is 4.79 Å². The van der Waals surface area contributed by atoms with Crippen molar-refractivity contribution in [3.05, 3.63) is 12.2 Å². The van der Waals surface area contributed by atoms with E-state index in [4.69, 9.17) is 28.4 Å². The standard InChI is InChI=1S/C48H90O14/c1-3-5-7-9-11-13-15-17-18-19-21-23-25-27-29-31-40(50)60-37(34-57-32-30-28-26-24-22-20-16-14-12-10-8-6-4-2)35-58-47-46(56)44(54)42(52)39(62-47)36-59-48-45(55)43(53)41(51)38(33-49)61-48/h17-18,37-39,41-49,51-56H,3-16,19-36H2,1-2H3/b18-17-. The zero-order chi connectivity index (χ0) is 45.2. The minimum atomic E-state index is -1.70. The van der Waals surface area contributed by atoms with E-state index in [1.807, 2.05) is 0 Å². The summed E-state index contributed by atoms with van der Waals surface area (Å²) in [5, 5.41) is 72.0. The molecule has 2 heterocycles. The summed E-state index contributed by atoms with van der Waals surface area (Å²) in [5.41, 5.74) is 0. The highest BCUT2D eigenvalue weighted by molar-refractivity contribution is 5.69. The van der Waals surface area contributed by atoms with Gasteiger partial charge in [-0.05, 0) is 38.5 Å². The summed E-state index contributed by atoms with van der Waals surface area (Å²) >= 11 is 0. The van der Waals surface area contributed by atoms with Gasteiger partial charge in [0.1, 0.15) is 54.9 Å². The van der Waals surface area contributed by atoms with Crippen molar-refractivity contribution in [1.29, 1.82) is 0 Å². The average molecular weight is 891 g/mol. The molecule has 62 heavy (non-hydrogen) atoms. The van der Waals surface area contributed by atoms with E-state index in [0.717, 1.165) is 57.8 Å². The lowest BCUT2D eigenvalue weighted by molar-refractivity contribution is -0.332. The Kier molecular flexibility index (Phi) is 33.8. The molecule has 14 nitrogen and oxygen atoms in total. The molecule has 2 saturated heterocycles. The molecule has 0 bridgehead atoms. The fourth-order valence-electron chi connectivity index (χ4n) is 7.93. The van der Waals surface area contributed by atoms with Gasteiger partial charge in [0.05, 0.1) is 26.4 Å². The van der Waals surface area contributed by atoms with E-state index in [0.29, 0.717) is 13.0 Å². The Balaban J connectivity index is 1.79. The van der Waals surface area contributed by atoms with Gasteiger partial charge in [0.15, 0.2) is 12.6 Å². The number of unbranched alkanes of at least 4 members (excludes halogenated alkanes) is 23. The van der Waals surface area contributed by atoms with Crippen LogP contribution in [-0.2, 0) is 33.2 Å². The van der Waals surface area contributed by atoms with Gasteiger partial charge < -0.3 is 64.2 Å². The maximum Gasteiger partial charge on any atom is 0.306 e. The molecule has 14 heteroatoms. The number of allylic oxidation sites excluding steroid dienone is 2. The maximum atomic E-state index is 13.0. The normalized spacial score (nSPS) is 27.2. The SMILES string of the molecule is CCCCCCCC/C=C\CCCCCCCC(=O)OC(COCCCCCCCCCCCCCCC)COC1OC(COC2OC(CO)C(O)C(O)C2O)C(O)C(O)C1O. The predicted molar refractivity (Wildman–Crippen MR) is 238 cm³/mol. The topological polar surface area (TPSA) is 214 Å². The molecule has 0 aromatic rings. The zero-order valence-electron chi connectivity index (χ0n) is 38.6. The highest BCUT2D eigenvalue weighted by Crippen LogP contribution is 2.26. The molecule has 0 saturated carbocycles. The Hall–Kier alpha value is -1.27. The molecule has 2 fully saturated rings. The van der Waals surface area contributed by atoms with Crippen molar-refractivity contribution in [3.63, 3.8) is 0 Å². The molecule has 0 aromatic carbocycles. The second-order valence-electron chi connectivity index (χ2n) is 17.6. The van der Waals surface area contributed by atoms with Crippen LogP contribution in [-0.4, -0.2) is 142 Å². The number of rotatable bonds is 39. The highest BCUT2D eigenvalue weighted by Gasteiger charge is 2.47. The van der Waals surface area contributed by atoms with Crippen molar-refractivity contribution in [1.82, 2.24) is 0 Å². The molecule has 0 radical (unpaired) electrons. The van der Waals surface area contributed by atoms with E-state index in [2.05, 4.69) is 26.0 Å². The van der Waals surface area contributed by atoms with Crippen molar-refractivity contribution >= 4 is 5.97 Å². The van der Waals surface area contributed by atoms with Crippen molar-refractivity contribution < 1.29 is 69.0 Å². The van der Waals surface area contributed by atoms with Crippen LogP contribution in [0.2, 0.25) is 0 Å². The first-order valence-corrected chi connectivity index (χ1v) is 24.8. The summed E-state index contributed by atoms with van der Waals surface area (Å²) in [4.78, 5) is 13.0. The van der Waals surface area contributed by atoms with Gasteiger partial charge >= 0.3 is 5.97 Å². The molecule has 0 amide bonds. The molecule has 0 spiro atoms. The summed E-state index contributed by atoms with van der Waals surface area (Å²) in [6.07, 6.45) is 19.9. The largest absolute Gasteiger partial charge is 0.457 e. The lowest BCUT2D eigenvalue weighted by atomic mass is 9.98. The second kappa shape index (κ2) is 36.9. The third-order valence-electron chi connectivity index (χ3n) is 12.0. The first-order chi connectivity index (χ1) is 30.1. The van der Waals surface area contributed by atoms with Gasteiger partial charge in [0, 0.05) is 13.0 Å². The predicted octanol–water partition coefficient (Wildman–Crippen LogP) is 6.68. The third-order valence-corrected chi connectivity index (χ3v) is 12.0. The van der Waals surface area contributed by atoms with E-state index in [9.17, 15) is 40.5 Å². The van der Waals surface area contributed by atoms with Crippen LogP contribution in [0.5, 0.6) is 0 Å². The Morgan fingerprint density at radius 2 is 0.952 bits per heavy atom. The van der Waals surface area contributed by atoms with Crippen LogP contribution in [0.3, 0.4) is 0 Å². The van der Waals surface area contributed by atoms with Crippen molar-refractivity contribution in [2.45, 2.75) is 255 Å². The first-order valence-electron chi connectivity index (χ1n) is 24.8. The molecular formula is C48H90O14. The molecule has 11 atom stereocenters. The monoisotopic (exact) mass is 891 g/mol. The average Bonchev–Trinajstić information content (AvgIpc) is 3.27. The van der Waals surface area contributed by atoms with Gasteiger partial charge in [-0.2, -0.15) is 0 Å². The Morgan fingerprint density at radius 1 is 0.516 bits per heavy atom. The molecule has 11 unspecified atom stereocenters. The van der Waals surface area contributed by atoms with Crippen LogP contribution in [0.4, 0.5) is 0 Å². The van der Waals surface area contributed by atoms with Crippen molar-refractivity contribution in [3.8, 4) is 0 Å². The van der Waals surface area contributed by atoms with E-state index in [1.165, 1.54) is 103 Å². The fraction of sp³-hybridized carbons (Fsp3) is 0.938. The summed E-state index contributed by atoms with van der Waals surface area (Å²) in [7, 11) is 0. The number of esters is 1. The number of aliphatic hydroxyl groups is 7. The minimum absolute atomic E-state index is 0.0635. The first kappa shape index (κ1) is 56.9. The van der Waals surface area contributed by atoms with Gasteiger partial charge in [0.2, 0.25) is 0 Å². The molecule has 2 aliphatic rings. The van der Waals surface area contributed by atoms with Crippen molar-refractivity contribution in [2.24, 2.45) is 0 Å². The second-order valence-corrected chi connectivity index (χ2v) is 17.6. The Morgan fingerprint density at radius 3 is 1.47 bits per heavy atom. The van der Waals surface area contributed by atoms with E-state index < -0.39 is 80.7 Å². The maximum absolute atomic E-state index is 13.0. The quantitative estimate of drug-likeness (QED) is 0.0195. The number of aliphatic hydroxyl groups excluding tert-OH is 7. The van der Waals surface area contributed by atoms with Crippen LogP contribution in [0.15, 0.2) is 12.2 Å². The number of hydrogen-bond donors (Lipinski definition) is 7. The van der Waals surface area contributed by atoms with Gasteiger partial charge in [0.25, 0.3) is 0 Å². The number of carbonyl (C=O) groups excluding carboxylic acids is 1. The molecule has 7 N–H and O–H groups in total. The molecule has 0 aromatic heterocycles. The number of hydrogen-bond acceptors (Lipinski definition) is 14. The summed E-state index contributed by atoms with van der Waals surface area (Å²) < 4.78 is 34.2. The zero-order valence-corrected chi connectivity index (χ0v) is 38.6. The van der Waals surface area contributed by atoms with Crippen LogP contribution >= 0.6 is 0 Å². The van der Waals surface area contributed by atoms with Crippen LogP contribution in [0.25, 0.3) is 0 Å². The minimum Gasteiger partial charge on any atom is -0.457 e. The Labute approximate surface area is 374 Å². The molecule has 0 aliphatic carbocycles. The molecule has 366 valence electrons. The van der Waals surface area contributed by atoms with E-state index >= 15 is 0 Å².